The number of hydrogen-bond acceptors (Lipinski definition) is 4. The van der Waals surface area contributed by atoms with Crippen LogP contribution in [0.5, 0.6) is 5.75 Å². The lowest BCUT2D eigenvalue weighted by atomic mass is 10.1. The van der Waals surface area contributed by atoms with Gasteiger partial charge >= 0.3 is 0 Å². The fourth-order valence-corrected chi connectivity index (χ4v) is 2.23. The molecule has 20 heavy (non-hydrogen) atoms. The standard InChI is InChI=1S/C16H23N3O/c1-11(2)20-13-6-7-15-14(9-13)16(19(4)5)8-12(18-15)10-17-3/h6-9,11,17H,10H2,1-5H3. The molecule has 1 N–H and O–H groups in total. The first kappa shape index (κ1) is 14.6. The first-order valence-electron chi connectivity index (χ1n) is 6.93. The smallest absolute Gasteiger partial charge is 0.120 e. The van der Waals surface area contributed by atoms with Crippen molar-refractivity contribution in [3.05, 3.63) is 30.0 Å². The van der Waals surface area contributed by atoms with Gasteiger partial charge in [-0.3, -0.25) is 4.98 Å². The molecular formula is C16H23N3O. The van der Waals surface area contributed by atoms with E-state index in [0.29, 0.717) is 0 Å². The topological polar surface area (TPSA) is 37.4 Å². The van der Waals surface area contributed by atoms with Crippen LogP contribution in [0, 0.1) is 0 Å². The van der Waals surface area contributed by atoms with Crippen molar-refractivity contribution in [2.45, 2.75) is 26.5 Å². The molecule has 0 unspecified atom stereocenters. The lowest BCUT2D eigenvalue weighted by Gasteiger charge is -2.18. The molecule has 0 fully saturated rings. The van der Waals surface area contributed by atoms with Crippen LogP contribution in [0.4, 0.5) is 5.69 Å². The average Bonchev–Trinajstić information content (AvgIpc) is 2.37. The Hall–Kier alpha value is -1.81. The van der Waals surface area contributed by atoms with Gasteiger partial charge in [0.25, 0.3) is 0 Å². The van der Waals surface area contributed by atoms with Gasteiger partial charge in [0.1, 0.15) is 5.75 Å². The molecular weight excluding hydrogens is 250 g/mol. The number of rotatable bonds is 5. The number of benzene rings is 1. The monoisotopic (exact) mass is 273 g/mol. The van der Waals surface area contributed by atoms with E-state index in [0.717, 1.165) is 34.6 Å². The van der Waals surface area contributed by atoms with Gasteiger partial charge in [-0.25, -0.2) is 0 Å². The molecule has 0 saturated carbocycles. The molecule has 0 atom stereocenters. The predicted octanol–water partition coefficient (Wildman–Crippen LogP) is 2.81. The zero-order valence-electron chi connectivity index (χ0n) is 12.9. The molecule has 0 bridgehead atoms. The Morgan fingerprint density at radius 3 is 2.60 bits per heavy atom. The number of fused-ring (bicyclic) bond motifs is 1. The van der Waals surface area contributed by atoms with E-state index in [1.165, 1.54) is 0 Å². The van der Waals surface area contributed by atoms with Crippen molar-refractivity contribution in [2.24, 2.45) is 0 Å². The Morgan fingerprint density at radius 2 is 2.00 bits per heavy atom. The molecule has 0 saturated heterocycles. The molecule has 1 heterocycles. The van der Waals surface area contributed by atoms with Crippen LogP contribution in [0.25, 0.3) is 10.9 Å². The van der Waals surface area contributed by atoms with Crippen molar-refractivity contribution in [1.82, 2.24) is 10.3 Å². The highest BCUT2D eigenvalue weighted by Crippen LogP contribution is 2.29. The third-order valence-electron chi connectivity index (χ3n) is 3.02. The fraction of sp³-hybridized carbons (Fsp3) is 0.438. The van der Waals surface area contributed by atoms with E-state index in [9.17, 15) is 0 Å². The van der Waals surface area contributed by atoms with Gasteiger partial charge < -0.3 is 15.0 Å². The summed E-state index contributed by atoms with van der Waals surface area (Å²) >= 11 is 0. The third kappa shape index (κ3) is 3.20. The van der Waals surface area contributed by atoms with Crippen LogP contribution in [-0.2, 0) is 6.54 Å². The van der Waals surface area contributed by atoms with Crippen molar-refractivity contribution in [3.8, 4) is 5.75 Å². The number of hydrogen-bond donors (Lipinski definition) is 1. The van der Waals surface area contributed by atoms with Gasteiger partial charge in [0.2, 0.25) is 0 Å². The summed E-state index contributed by atoms with van der Waals surface area (Å²) < 4.78 is 5.78. The van der Waals surface area contributed by atoms with Crippen LogP contribution < -0.4 is 15.0 Å². The Morgan fingerprint density at radius 1 is 1.25 bits per heavy atom. The second kappa shape index (κ2) is 6.09. The summed E-state index contributed by atoms with van der Waals surface area (Å²) in [6.45, 7) is 4.83. The SMILES string of the molecule is CNCc1cc(N(C)C)c2cc(OC(C)C)ccc2n1. The minimum atomic E-state index is 0.173. The van der Waals surface area contributed by atoms with Crippen molar-refractivity contribution in [2.75, 3.05) is 26.0 Å². The second-order valence-electron chi connectivity index (χ2n) is 5.40. The molecule has 2 rings (SSSR count). The van der Waals surface area contributed by atoms with Crippen LogP contribution in [0.2, 0.25) is 0 Å². The van der Waals surface area contributed by atoms with Gasteiger partial charge in [0.15, 0.2) is 0 Å². The maximum atomic E-state index is 5.78. The summed E-state index contributed by atoms with van der Waals surface area (Å²) in [5.74, 6) is 0.888. The predicted molar refractivity (Wildman–Crippen MR) is 84.6 cm³/mol. The summed E-state index contributed by atoms with van der Waals surface area (Å²) in [4.78, 5) is 6.80. The van der Waals surface area contributed by atoms with Gasteiger partial charge in [-0.05, 0) is 45.2 Å². The minimum absolute atomic E-state index is 0.173. The lowest BCUT2D eigenvalue weighted by Crippen LogP contribution is -2.13. The van der Waals surface area contributed by atoms with Crippen LogP contribution >= 0.6 is 0 Å². The Balaban J connectivity index is 2.55. The minimum Gasteiger partial charge on any atom is -0.491 e. The van der Waals surface area contributed by atoms with Gasteiger partial charge in [-0.1, -0.05) is 0 Å². The molecule has 2 aromatic rings. The Labute approximate surface area is 120 Å². The molecule has 0 radical (unpaired) electrons. The molecule has 1 aromatic carbocycles. The molecule has 0 aliphatic heterocycles. The zero-order chi connectivity index (χ0) is 14.7. The van der Waals surface area contributed by atoms with Crippen LogP contribution in [-0.4, -0.2) is 32.2 Å². The summed E-state index contributed by atoms with van der Waals surface area (Å²) in [6.07, 6.45) is 0.173. The number of nitrogens with one attached hydrogen (secondary N) is 1. The first-order valence-corrected chi connectivity index (χ1v) is 6.93. The Kier molecular flexibility index (Phi) is 4.45. The second-order valence-corrected chi connectivity index (χ2v) is 5.40. The maximum absolute atomic E-state index is 5.78. The number of nitrogens with zero attached hydrogens (tertiary/aromatic N) is 2. The van der Waals surface area contributed by atoms with E-state index in [1.807, 2.05) is 47.1 Å². The molecule has 0 amide bonds. The molecule has 1 aromatic heterocycles. The maximum Gasteiger partial charge on any atom is 0.120 e. The molecule has 108 valence electrons. The molecule has 4 heteroatoms. The number of anilines is 1. The van der Waals surface area contributed by atoms with E-state index in [1.54, 1.807) is 0 Å². The van der Waals surface area contributed by atoms with E-state index >= 15 is 0 Å². The fourth-order valence-electron chi connectivity index (χ4n) is 2.23. The summed E-state index contributed by atoms with van der Waals surface area (Å²) in [5, 5.41) is 4.27. The highest BCUT2D eigenvalue weighted by molar-refractivity contribution is 5.92. The normalized spacial score (nSPS) is 11.1. The first-order chi connectivity index (χ1) is 9.51. The van der Waals surface area contributed by atoms with E-state index in [2.05, 4.69) is 27.3 Å². The molecule has 0 aliphatic rings. The van der Waals surface area contributed by atoms with Gasteiger partial charge in [-0.15, -0.1) is 0 Å². The quantitative estimate of drug-likeness (QED) is 0.909. The van der Waals surface area contributed by atoms with Crippen LogP contribution in [0.3, 0.4) is 0 Å². The molecule has 4 nitrogen and oxygen atoms in total. The number of ether oxygens (including phenoxy) is 1. The van der Waals surface area contributed by atoms with Crippen LogP contribution in [0.1, 0.15) is 19.5 Å². The van der Waals surface area contributed by atoms with Crippen molar-refractivity contribution in [3.63, 3.8) is 0 Å². The van der Waals surface area contributed by atoms with E-state index in [4.69, 9.17) is 4.74 Å². The zero-order valence-corrected chi connectivity index (χ0v) is 12.9. The van der Waals surface area contributed by atoms with Crippen molar-refractivity contribution >= 4 is 16.6 Å². The van der Waals surface area contributed by atoms with Gasteiger partial charge in [-0.2, -0.15) is 0 Å². The Bertz CT molecular complexity index is 594. The number of pyridine rings is 1. The average molecular weight is 273 g/mol. The molecule has 0 spiro atoms. The van der Waals surface area contributed by atoms with Gasteiger partial charge in [0, 0.05) is 31.7 Å². The summed E-state index contributed by atoms with van der Waals surface area (Å²) in [6, 6.07) is 8.20. The summed E-state index contributed by atoms with van der Waals surface area (Å²) in [7, 11) is 6.03. The van der Waals surface area contributed by atoms with E-state index < -0.39 is 0 Å². The molecule has 0 aliphatic carbocycles. The van der Waals surface area contributed by atoms with Gasteiger partial charge in [0.05, 0.1) is 17.3 Å². The van der Waals surface area contributed by atoms with Crippen LogP contribution in [0.15, 0.2) is 24.3 Å². The largest absolute Gasteiger partial charge is 0.491 e. The lowest BCUT2D eigenvalue weighted by molar-refractivity contribution is 0.243. The third-order valence-corrected chi connectivity index (χ3v) is 3.02. The summed E-state index contributed by atoms with van der Waals surface area (Å²) in [5.41, 5.74) is 3.20. The highest BCUT2D eigenvalue weighted by Gasteiger charge is 2.09. The number of aromatic nitrogens is 1. The van der Waals surface area contributed by atoms with Crippen molar-refractivity contribution in [1.29, 1.82) is 0 Å². The highest BCUT2D eigenvalue weighted by atomic mass is 16.5. The van der Waals surface area contributed by atoms with Crippen molar-refractivity contribution < 1.29 is 4.74 Å². The van der Waals surface area contributed by atoms with E-state index in [-0.39, 0.29) is 6.10 Å².